The van der Waals surface area contributed by atoms with Gasteiger partial charge in [-0.3, -0.25) is 0 Å². The van der Waals surface area contributed by atoms with Gasteiger partial charge in [0.25, 0.3) is 0 Å². The SMILES string of the molecule is O=[As](O)c1cccc(I)c1. The van der Waals surface area contributed by atoms with Crippen molar-refractivity contribution in [1.29, 1.82) is 0 Å². The van der Waals surface area contributed by atoms with Crippen LogP contribution >= 0.6 is 22.6 Å². The molecule has 0 spiro atoms. The van der Waals surface area contributed by atoms with Gasteiger partial charge in [-0.25, -0.2) is 0 Å². The maximum atomic E-state index is 10.6. The van der Waals surface area contributed by atoms with Crippen molar-refractivity contribution < 1.29 is 7.84 Å². The molecular formula is C6H5AsIO2. The summed E-state index contributed by atoms with van der Waals surface area (Å²) in [5.74, 6) is 0. The number of rotatable bonds is 1. The van der Waals surface area contributed by atoms with Crippen LogP contribution in [0.15, 0.2) is 24.3 Å². The molecule has 4 heteroatoms. The molecule has 0 aliphatic carbocycles. The fourth-order valence-corrected chi connectivity index (χ4v) is 2.64. The molecule has 0 saturated heterocycles. The van der Waals surface area contributed by atoms with E-state index in [1.54, 1.807) is 18.2 Å². The van der Waals surface area contributed by atoms with Gasteiger partial charge in [0.05, 0.1) is 0 Å². The van der Waals surface area contributed by atoms with E-state index in [0.717, 1.165) is 3.57 Å². The average Bonchev–Trinajstić information content (AvgIpc) is 1.88. The molecule has 0 amide bonds. The molecule has 10 heavy (non-hydrogen) atoms. The first-order valence-corrected chi connectivity index (χ1v) is 6.24. The second kappa shape index (κ2) is 3.60. The predicted octanol–water partition coefficient (Wildman–Crippen LogP) is 0.409. The van der Waals surface area contributed by atoms with E-state index in [-0.39, 0.29) is 0 Å². The van der Waals surface area contributed by atoms with Crippen LogP contribution in [0.25, 0.3) is 0 Å². The van der Waals surface area contributed by atoms with Gasteiger partial charge in [0, 0.05) is 0 Å². The first kappa shape index (κ1) is 8.37. The zero-order valence-corrected chi connectivity index (χ0v) is 9.02. The Morgan fingerprint density at radius 3 is 2.60 bits per heavy atom. The maximum absolute atomic E-state index is 10.6. The number of halogens is 1. The van der Waals surface area contributed by atoms with Crippen molar-refractivity contribution in [3.8, 4) is 0 Å². The third-order valence-corrected chi connectivity index (χ3v) is 3.21. The Bertz CT molecular complexity index is 262. The molecule has 0 bridgehead atoms. The molecule has 1 atom stereocenters. The summed E-state index contributed by atoms with van der Waals surface area (Å²) in [6, 6.07) is 7.08. The minimum absolute atomic E-state index is 0.569. The Hall–Kier alpha value is 0.268. The Morgan fingerprint density at radius 2 is 2.20 bits per heavy atom. The summed E-state index contributed by atoms with van der Waals surface area (Å²) in [6.07, 6.45) is 0. The van der Waals surface area contributed by atoms with Gasteiger partial charge in [-0.1, -0.05) is 0 Å². The van der Waals surface area contributed by atoms with E-state index in [9.17, 15) is 3.74 Å². The number of hydrogen-bond donors (Lipinski definition) is 1. The van der Waals surface area contributed by atoms with Crippen LogP contribution in [0.3, 0.4) is 0 Å². The summed E-state index contributed by atoms with van der Waals surface area (Å²) in [7, 11) is 0. The van der Waals surface area contributed by atoms with Crippen LogP contribution < -0.4 is 4.35 Å². The van der Waals surface area contributed by atoms with Crippen molar-refractivity contribution in [2.75, 3.05) is 0 Å². The third kappa shape index (κ3) is 2.15. The fourth-order valence-electron chi connectivity index (χ4n) is 0.595. The molecule has 1 N–H and O–H groups in total. The van der Waals surface area contributed by atoms with Gasteiger partial charge in [0.2, 0.25) is 0 Å². The predicted molar refractivity (Wildman–Crippen MR) is 47.5 cm³/mol. The molecule has 1 radical (unpaired) electrons. The summed E-state index contributed by atoms with van der Waals surface area (Å²) in [5, 5.41) is 0. The normalized spacial score (nSPS) is 11.2. The molecule has 0 heterocycles. The van der Waals surface area contributed by atoms with E-state index >= 15 is 0 Å². The van der Waals surface area contributed by atoms with E-state index in [2.05, 4.69) is 22.6 Å². The first-order valence-electron chi connectivity index (χ1n) is 2.62. The van der Waals surface area contributed by atoms with Gasteiger partial charge >= 0.3 is 77.5 Å². The monoisotopic (exact) mass is 311 g/mol. The topological polar surface area (TPSA) is 37.3 Å². The third-order valence-electron chi connectivity index (χ3n) is 1.03. The number of benzene rings is 1. The van der Waals surface area contributed by atoms with Gasteiger partial charge in [-0.2, -0.15) is 0 Å². The quantitative estimate of drug-likeness (QED) is 0.602. The zero-order valence-electron chi connectivity index (χ0n) is 4.99. The zero-order chi connectivity index (χ0) is 7.56. The van der Waals surface area contributed by atoms with Crippen LogP contribution in [0, 0.1) is 3.57 Å². The van der Waals surface area contributed by atoms with Crippen LogP contribution in [0.4, 0.5) is 0 Å². The van der Waals surface area contributed by atoms with Gasteiger partial charge in [0.1, 0.15) is 0 Å². The molecule has 1 aromatic rings. The van der Waals surface area contributed by atoms with Crippen LogP contribution in [-0.2, 0) is 3.74 Å². The molecule has 1 rings (SSSR count). The second-order valence-electron chi connectivity index (χ2n) is 1.75. The Morgan fingerprint density at radius 1 is 1.50 bits per heavy atom. The van der Waals surface area contributed by atoms with Crippen LogP contribution in [0.5, 0.6) is 0 Å². The van der Waals surface area contributed by atoms with Crippen LogP contribution in [0.1, 0.15) is 0 Å². The van der Waals surface area contributed by atoms with Crippen LogP contribution in [-0.4, -0.2) is 19.0 Å². The Kier molecular flexibility index (Phi) is 3.01. The first-order chi connectivity index (χ1) is 4.70. The minimum atomic E-state index is -2.87. The van der Waals surface area contributed by atoms with Gasteiger partial charge in [0.15, 0.2) is 0 Å². The molecule has 53 valence electrons. The van der Waals surface area contributed by atoms with Crippen molar-refractivity contribution in [3.63, 3.8) is 0 Å². The molecule has 0 fully saturated rings. The molecule has 0 saturated carbocycles. The standard InChI is InChI=1S/C6H5AsIO2/c8-6-3-1-2-5(4-6)7(9)10/h1-4H,(H,9,10). The van der Waals surface area contributed by atoms with Crippen molar-refractivity contribution >= 4 is 41.9 Å². The van der Waals surface area contributed by atoms with Crippen molar-refractivity contribution in [2.45, 2.75) is 0 Å². The molecule has 0 aromatic heterocycles. The van der Waals surface area contributed by atoms with E-state index in [4.69, 9.17) is 4.10 Å². The summed E-state index contributed by atoms with van der Waals surface area (Å²) < 4.78 is 20.9. The molecule has 1 unspecified atom stereocenters. The molecule has 0 aliphatic rings. The molecule has 0 aliphatic heterocycles. The van der Waals surface area contributed by atoms with Gasteiger partial charge in [-0.05, 0) is 0 Å². The van der Waals surface area contributed by atoms with E-state index in [1.807, 2.05) is 6.07 Å². The summed E-state index contributed by atoms with van der Waals surface area (Å²) in [4.78, 5) is 0. The summed E-state index contributed by atoms with van der Waals surface area (Å²) >= 11 is -0.760. The van der Waals surface area contributed by atoms with Gasteiger partial charge < -0.3 is 0 Å². The Balaban J connectivity index is 3.07. The van der Waals surface area contributed by atoms with Gasteiger partial charge in [-0.15, -0.1) is 0 Å². The van der Waals surface area contributed by atoms with E-state index < -0.39 is 14.9 Å². The molecule has 1 aromatic carbocycles. The number of hydrogen-bond acceptors (Lipinski definition) is 1. The second-order valence-corrected chi connectivity index (χ2v) is 5.23. The summed E-state index contributed by atoms with van der Waals surface area (Å²) in [6.45, 7) is 0. The van der Waals surface area contributed by atoms with Crippen LogP contribution in [0.2, 0.25) is 0 Å². The summed E-state index contributed by atoms with van der Waals surface area (Å²) in [5.41, 5.74) is 0. The van der Waals surface area contributed by atoms with Crippen molar-refractivity contribution in [3.05, 3.63) is 27.8 Å². The fraction of sp³-hybridized carbons (Fsp3) is 0. The van der Waals surface area contributed by atoms with E-state index in [0.29, 0.717) is 4.35 Å². The molecule has 2 nitrogen and oxygen atoms in total. The van der Waals surface area contributed by atoms with Crippen molar-refractivity contribution in [1.82, 2.24) is 0 Å². The average molecular weight is 311 g/mol. The van der Waals surface area contributed by atoms with Crippen molar-refractivity contribution in [2.24, 2.45) is 0 Å². The van der Waals surface area contributed by atoms with E-state index in [1.165, 1.54) is 0 Å². The Labute approximate surface area is 77.2 Å². The molecular weight excluding hydrogens is 306 g/mol.